The molecule has 0 aliphatic heterocycles. The third-order valence-corrected chi connectivity index (χ3v) is 6.42. The van der Waals surface area contributed by atoms with Crippen molar-refractivity contribution in [2.45, 2.75) is 63.7 Å². The minimum absolute atomic E-state index is 0.0554. The number of rotatable bonds is 10. The first kappa shape index (κ1) is 28.3. The molecule has 2 atom stereocenters. The Morgan fingerprint density at radius 3 is 2.51 bits per heavy atom. The number of hydrogen-bond acceptors (Lipinski definition) is 8. The lowest BCUT2D eigenvalue weighted by atomic mass is 9.91. The van der Waals surface area contributed by atoms with Crippen LogP contribution < -0.4 is 15.8 Å². The van der Waals surface area contributed by atoms with Crippen molar-refractivity contribution in [3.8, 4) is 11.8 Å². The number of benzene rings is 2. The topological polar surface area (TPSA) is 126 Å². The first-order valence-corrected chi connectivity index (χ1v) is 12.2. The van der Waals surface area contributed by atoms with Gasteiger partial charge in [0, 0.05) is 23.1 Å². The number of nitrogens with two attached hydrogens (primary N) is 1. The number of aryl methyl sites for hydroxylation is 1. The molecule has 12 heteroatoms. The molecule has 8 nitrogen and oxygen atoms in total. The average Bonchev–Trinajstić information content (AvgIpc) is 3.46. The van der Waals surface area contributed by atoms with E-state index in [2.05, 4.69) is 15.3 Å². The predicted molar refractivity (Wildman–Crippen MR) is 137 cm³/mol. The van der Waals surface area contributed by atoms with Crippen LogP contribution in [0.1, 0.15) is 55.7 Å². The lowest BCUT2D eigenvalue weighted by Crippen LogP contribution is -2.40. The van der Waals surface area contributed by atoms with Gasteiger partial charge < -0.3 is 25.6 Å². The maximum Gasteiger partial charge on any atom is 0.300 e. The van der Waals surface area contributed by atoms with Crippen molar-refractivity contribution in [2.24, 2.45) is 0 Å². The van der Waals surface area contributed by atoms with Crippen molar-refractivity contribution in [2.75, 3.05) is 24.3 Å². The van der Waals surface area contributed by atoms with Crippen molar-refractivity contribution < 1.29 is 32.1 Å². The highest BCUT2D eigenvalue weighted by molar-refractivity contribution is 5.91. The van der Waals surface area contributed by atoms with E-state index in [0.717, 1.165) is 19.9 Å². The number of aromatic nitrogens is 2. The number of nitrogens with zero attached hydrogens (tertiary/aromatic N) is 3. The molecule has 1 aliphatic rings. The number of alkyl halides is 4. The van der Waals surface area contributed by atoms with Gasteiger partial charge in [0.2, 0.25) is 0 Å². The monoisotopic (exact) mass is 547 g/mol. The Bertz CT molecular complexity index is 1440. The molecule has 4 N–H and O–H groups in total. The number of nitriles is 1. The largest absolute Gasteiger partial charge is 0.490 e. The molecule has 1 aromatic heterocycles. The van der Waals surface area contributed by atoms with Gasteiger partial charge in [-0.2, -0.15) is 14.0 Å². The molecule has 0 radical (unpaired) electrons. The number of fused-ring (bicyclic) bond motifs is 1. The molecule has 39 heavy (non-hydrogen) atoms. The Kier molecular flexibility index (Phi) is 7.35. The van der Waals surface area contributed by atoms with E-state index in [0.29, 0.717) is 28.1 Å². The smallest absolute Gasteiger partial charge is 0.300 e. The lowest BCUT2D eigenvalue weighted by molar-refractivity contribution is -0.168. The molecule has 4 rings (SSSR count). The second-order valence-corrected chi connectivity index (χ2v) is 10.2. The number of nitrogens with one attached hydrogen (secondary N) is 1. The van der Waals surface area contributed by atoms with Crippen LogP contribution in [0.5, 0.6) is 5.75 Å². The maximum absolute atomic E-state index is 14.9. The molecule has 0 saturated heterocycles. The fourth-order valence-electron chi connectivity index (χ4n) is 4.05. The highest BCUT2D eigenvalue weighted by Crippen LogP contribution is 2.44. The summed E-state index contributed by atoms with van der Waals surface area (Å²) in [4.78, 5) is 8.84. The third-order valence-electron chi connectivity index (χ3n) is 6.42. The number of anilines is 2. The fourth-order valence-corrected chi connectivity index (χ4v) is 4.05. The van der Waals surface area contributed by atoms with Crippen LogP contribution in [0.25, 0.3) is 10.9 Å². The van der Waals surface area contributed by atoms with E-state index in [1.54, 1.807) is 26.0 Å². The fraction of sp³-hybridized carbons (Fsp3) is 0.444. The van der Waals surface area contributed by atoms with Gasteiger partial charge in [0.05, 0.1) is 23.7 Å². The van der Waals surface area contributed by atoms with Crippen molar-refractivity contribution >= 4 is 22.4 Å². The first-order chi connectivity index (χ1) is 18.1. The Labute approximate surface area is 222 Å². The highest BCUT2D eigenvalue weighted by Gasteiger charge is 2.58. The summed E-state index contributed by atoms with van der Waals surface area (Å²) in [6.45, 7) is 5.31. The molecule has 2 aromatic carbocycles. The highest BCUT2D eigenvalue weighted by atomic mass is 19.3. The summed E-state index contributed by atoms with van der Waals surface area (Å²) in [6.07, 6.45) is -1.43. The molecule has 1 aliphatic carbocycles. The van der Waals surface area contributed by atoms with E-state index in [1.807, 2.05) is 6.07 Å². The third kappa shape index (κ3) is 5.99. The van der Waals surface area contributed by atoms with Gasteiger partial charge in [-0.05, 0) is 63.6 Å². The van der Waals surface area contributed by atoms with Gasteiger partial charge in [0.25, 0.3) is 5.92 Å². The summed E-state index contributed by atoms with van der Waals surface area (Å²) in [5, 5.41) is 23.3. The number of hydrogen-bond donors (Lipinski definition) is 3. The Morgan fingerprint density at radius 1 is 1.21 bits per heavy atom. The Hall–Kier alpha value is -3.69. The zero-order valence-electron chi connectivity index (χ0n) is 21.9. The first-order valence-electron chi connectivity index (χ1n) is 12.2. The summed E-state index contributed by atoms with van der Waals surface area (Å²) >= 11 is 0. The standard InChI is InChI=1S/C27H29F4N5O3/c1-14(16-7-18(10-19(33)8-16)27(30,31)25(3,4)37)34-24-20-11-22(38-5-6-39-23-12-26(23,28)29)17(13-32)9-21(20)35-15(2)36-24/h7-11,14,23,37H,5-6,12,33H2,1-4H3,(H,34,35,36)/t14-,23?/m1/s1. The number of aliphatic hydroxyl groups is 1. The van der Waals surface area contributed by atoms with Gasteiger partial charge in [-0.15, -0.1) is 0 Å². The van der Waals surface area contributed by atoms with E-state index < -0.39 is 35.2 Å². The van der Waals surface area contributed by atoms with Crippen molar-refractivity contribution in [3.05, 3.63) is 52.8 Å². The van der Waals surface area contributed by atoms with Crippen LogP contribution in [-0.2, 0) is 10.7 Å². The SMILES string of the molecule is Cc1nc(N[C@H](C)c2cc(N)cc(C(F)(F)C(C)(C)O)c2)c2cc(OCCOC3CC3(F)F)c(C#N)cc2n1. The second-order valence-electron chi connectivity index (χ2n) is 10.2. The molecule has 0 bridgehead atoms. The van der Waals surface area contributed by atoms with Crippen LogP contribution in [0.2, 0.25) is 0 Å². The number of ether oxygens (including phenoxy) is 2. The second kappa shape index (κ2) is 10.1. The summed E-state index contributed by atoms with van der Waals surface area (Å²) < 4.78 is 66.5. The zero-order valence-corrected chi connectivity index (χ0v) is 21.9. The van der Waals surface area contributed by atoms with E-state index in [-0.39, 0.29) is 36.6 Å². The Balaban J connectivity index is 1.61. The average molecular weight is 548 g/mol. The molecule has 208 valence electrons. The van der Waals surface area contributed by atoms with Gasteiger partial charge >= 0.3 is 5.92 Å². The van der Waals surface area contributed by atoms with Crippen molar-refractivity contribution in [1.29, 1.82) is 5.26 Å². The molecule has 0 spiro atoms. The normalized spacial score (nSPS) is 17.5. The molecule has 1 heterocycles. The maximum atomic E-state index is 14.9. The lowest BCUT2D eigenvalue weighted by Gasteiger charge is -2.30. The summed E-state index contributed by atoms with van der Waals surface area (Å²) in [5.41, 5.74) is 4.34. The van der Waals surface area contributed by atoms with Gasteiger partial charge in [-0.3, -0.25) is 0 Å². The molecule has 1 saturated carbocycles. The van der Waals surface area contributed by atoms with Crippen molar-refractivity contribution in [3.63, 3.8) is 0 Å². The van der Waals surface area contributed by atoms with E-state index in [1.165, 1.54) is 12.1 Å². The minimum atomic E-state index is -3.56. The van der Waals surface area contributed by atoms with Gasteiger partial charge in [0.1, 0.15) is 41.8 Å². The number of nitrogen functional groups attached to an aromatic ring is 1. The van der Waals surface area contributed by atoms with Gasteiger partial charge in [0.15, 0.2) is 0 Å². The van der Waals surface area contributed by atoms with E-state index >= 15 is 0 Å². The predicted octanol–water partition coefficient (Wildman–Crippen LogP) is 5.23. The molecular formula is C27H29F4N5O3. The van der Waals surface area contributed by atoms with E-state index in [4.69, 9.17) is 15.2 Å². The van der Waals surface area contributed by atoms with Crippen LogP contribution >= 0.6 is 0 Å². The van der Waals surface area contributed by atoms with E-state index in [9.17, 15) is 27.9 Å². The van der Waals surface area contributed by atoms with Crippen LogP contribution in [0.4, 0.5) is 29.1 Å². The summed E-state index contributed by atoms with van der Waals surface area (Å²) in [6, 6.07) is 8.50. The molecule has 1 unspecified atom stereocenters. The molecule has 1 fully saturated rings. The molecular weight excluding hydrogens is 518 g/mol. The quantitative estimate of drug-likeness (QED) is 0.179. The summed E-state index contributed by atoms with van der Waals surface area (Å²) in [5.74, 6) is -5.42. The molecule has 0 amide bonds. The minimum Gasteiger partial charge on any atom is -0.490 e. The van der Waals surface area contributed by atoms with Gasteiger partial charge in [-0.1, -0.05) is 0 Å². The van der Waals surface area contributed by atoms with Crippen LogP contribution in [-0.4, -0.2) is 45.9 Å². The summed E-state index contributed by atoms with van der Waals surface area (Å²) in [7, 11) is 0. The van der Waals surface area contributed by atoms with Crippen molar-refractivity contribution in [1.82, 2.24) is 9.97 Å². The van der Waals surface area contributed by atoms with Crippen LogP contribution in [0.15, 0.2) is 30.3 Å². The Morgan fingerprint density at radius 2 is 1.90 bits per heavy atom. The van der Waals surface area contributed by atoms with Gasteiger partial charge in [-0.25, -0.2) is 18.7 Å². The van der Waals surface area contributed by atoms with Crippen LogP contribution in [0.3, 0.4) is 0 Å². The molecule has 3 aromatic rings. The van der Waals surface area contributed by atoms with Crippen LogP contribution in [0, 0.1) is 18.3 Å². The number of halogens is 4. The zero-order chi connectivity index (χ0) is 28.8.